The second kappa shape index (κ2) is 14.4. The predicted octanol–water partition coefficient (Wildman–Crippen LogP) is 5.89. The number of unbranched alkanes of at least 4 members (excludes halogenated alkanes) is 3. The molecule has 1 atom stereocenters. The zero-order chi connectivity index (χ0) is 26.6. The van der Waals surface area contributed by atoms with Crippen molar-refractivity contribution in [3.8, 4) is 11.5 Å². The van der Waals surface area contributed by atoms with Crippen molar-refractivity contribution >= 4 is 17.4 Å². The van der Waals surface area contributed by atoms with Crippen molar-refractivity contribution in [2.24, 2.45) is 0 Å². The van der Waals surface area contributed by atoms with Gasteiger partial charge in [0.2, 0.25) is 0 Å². The molecule has 0 bridgehead atoms. The molecular formula is C30H39NO6. The molecular weight excluding hydrogens is 470 g/mol. The van der Waals surface area contributed by atoms with E-state index in [1.54, 1.807) is 25.3 Å². The van der Waals surface area contributed by atoms with E-state index in [1.807, 2.05) is 30.3 Å². The molecule has 2 aromatic carbocycles. The van der Waals surface area contributed by atoms with Gasteiger partial charge in [-0.1, -0.05) is 57.4 Å². The van der Waals surface area contributed by atoms with E-state index in [-0.39, 0.29) is 11.3 Å². The molecule has 0 spiro atoms. The van der Waals surface area contributed by atoms with E-state index in [1.165, 1.54) is 4.90 Å². The number of carbonyl (C=O) groups is 2. The number of Topliss-reactive ketones (excluding diaryl/α,β-unsaturated/α-hetero) is 1. The molecule has 0 aromatic heterocycles. The fourth-order valence-corrected chi connectivity index (χ4v) is 4.35. The van der Waals surface area contributed by atoms with Crippen LogP contribution in [0.1, 0.15) is 69.5 Å². The molecule has 7 nitrogen and oxygen atoms in total. The third kappa shape index (κ3) is 7.35. The highest BCUT2D eigenvalue weighted by molar-refractivity contribution is 6.46. The SMILES string of the molecule is CCCCCOc1ccc(C2C(=C(O)c3cccc(OCCCC)c3)C(=O)C(=O)N2CCCOC)cc1. The largest absolute Gasteiger partial charge is 0.507 e. The quantitative estimate of drug-likeness (QED) is 0.139. The summed E-state index contributed by atoms with van der Waals surface area (Å²) in [6.45, 7) is 6.22. The van der Waals surface area contributed by atoms with Gasteiger partial charge in [-0.3, -0.25) is 9.59 Å². The lowest BCUT2D eigenvalue weighted by Crippen LogP contribution is -2.31. The first kappa shape index (κ1) is 28.3. The fraction of sp³-hybridized carbons (Fsp3) is 0.467. The van der Waals surface area contributed by atoms with Crippen LogP contribution >= 0.6 is 0 Å². The van der Waals surface area contributed by atoms with E-state index in [0.717, 1.165) is 43.4 Å². The average Bonchev–Trinajstić information content (AvgIpc) is 3.16. The van der Waals surface area contributed by atoms with Crippen molar-refractivity contribution in [1.29, 1.82) is 0 Å². The Balaban J connectivity index is 1.95. The molecule has 2 aromatic rings. The zero-order valence-corrected chi connectivity index (χ0v) is 22.2. The highest BCUT2D eigenvalue weighted by atomic mass is 16.5. The summed E-state index contributed by atoms with van der Waals surface area (Å²) in [6.07, 6.45) is 5.71. The third-order valence-corrected chi connectivity index (χ3v) is 6.37. The van der Waals surface area contributed by atoms with E-state index >= 15 is 0 Å². The van der Waals surface area contributed by atoms with Crippen LogP contribution in [0.5, 0.6) is 11.5 Å². The minimum absolute atomic E-state index is 0.0738. The Hall–Kier alpha value is -3.32. The topological polar surface area (TPSA) is 85.3 Å². The predicted molar refractivity (Wildman–Crippen MR) is 144 cm³/mol. The number of ketones is 1. The number of methoxy groups -OCH3 is 1. The van der Waals surface area contributed by atoms with Crippen molar-refractivity contribution in [3.05, 3.63) is 65.2 Å². The fourth-order valence-electron chi connectivity index (χ4n) is 4.35. The molecule has 0 saturated carbocycles. The smallest absolute Gasteiger partial charge is 0.295 e. The van der Waals surface area contributed by atoms with Gasteiger partial charge in [0.25, 0.3) is 11.7 Å². The normalized spacial score (nSPS) is 16.8. The summed E-state index contributed by atoms with van der Waals surface area (Å²) < 4.78 is 16.8. The maximum absolute atomic E-state index is 13.2. The molecule has 200 valence electrons. The molecule has 1 fully saturated rings. The minimum Gasteiger partial charge on any atom is -0.507 e. The number of hydrogen-bond donors (Lipinski definition) is 1. The van der Waals surface area contributed by atoms with Gasteiger partial charge < -0.3 is 24.2 Å². The van der Waals surface area contributed by atoms with Gasteiger partial charge in [0.15, 0.2) is 0 Å². The molecule has 1 N–H and O–H groups in total. The van der Waals surface area contributed by atoms with Gasteiger partial charge >= 0.3 is 0 Å². The monoisotopic (exact) mass is 509 g/mol. The molecule has 1 unspecified atom stereocenters. The molecule has 1 aliphatic heterocycles. The molecule has 7 heteroatoms. The van der Waals surface area contributed by atoms with Crippen LogP contribution in [0.15, 0.2) is 54.1 Å². The number of nitrogens with zero attached hydrogens (tertiary/aromatic N) is 1. The number of hydrogen-bond acceptors (Lipinski definition) is 6. The Morgan fingerprint density at radius 1 is 0.865 bits per heavy atom. The number of ether oxygens (including phenoxy) is 3. The van der Waals surface area contributed by atoms with Crippen molar-refractivity contribution in [2.75, 3.05) is 33.5 Å². The number of carbonyl (C=O) groups excluding carboxylic acids is 2. The van der Waals surface area contributed by atoms with E-state index in [9.17, 15) is 14.7 Å². The number of aliphatic hydroxyl groups excluding tert-OH is 1. The van der Waals surface area contributed by atoms with Crippen LogP contribution < -0.4 is 9.47 Å². The van der Waals surface area contributed by atoms with Gasteiger partial charge in [-0.25, -0.2) is 0 Å². The van der Waals surface area contributed by atoms with Gasteiger partial charge in [-0.15, -0.1) is 0 Å². The van der Waals surface area contributed by atoms with Crippen molar-refractivity contribution < 1.29 is 28.9 Å². The molecule has 1 aliphatic rings. The highest BCUT2D eigenvalue weighted by Gasteiger charge is 2.45. The Labute approximate surface area is 220 Å². The summed E-state index contributed by atoms with van der Waals surface area (Å²) in [5, 5.41) is 11.3. The Morgan fingerprint density at radius 2 is 1.57 bits per heavy atom. The number of likely N-dealkylation sites (tertiary alicyclic amines) is 1. The molecule has 3 rings (SSSR count). The summed E-state index contributed by atoms with van der Waals surface area (Å²) >= 11 is 0. The Kier molecular flexibility index (Phi) is 11.0. The van der Waals surface area contributed by atoms with Gasteiger partial charge in [0.1, 0.15) is 17.3 Å². The highest BCUT2D eigenvalue weighted by Crippen LogP contribution is 2.40. The van der Waals surface area contributed by atoms with Gasteiger partial charge in [-0.05, 0) is 49.1 Å². The van der Waals surface area contributed by atoms with Crippen LogP contribution in [-0.4, -0.2) is 55.2 Å². The van der Waals surface area contributed by atoms with E-state index in [2.05, 4.69) is 13.8 Å². The second-order valence-corrected chi connectivity index (χ2v) is 9.19. The van der Waals surface area contributed by atoms with Crippen molar-refractivity contribution in [3.63, 3.8) is 0 Å². The van der Waals surface area contributed by atoms with E-state index in [4.69, 9.17) is 14.2 Å². The first-order valence-corrected chi connectivity index (χ1v) is 13.2. The maximum atomic E-state index is 13.2. The molecule has 37 heavy (non-hydrogen) atoms. The first-order chi connectivity index (χ1) is 18.0. The lowest BCUT2D eigenvalue weighted by atomic mass is 9.95. The molecule has 0 aliphatic carbocycles. The maximum Gasteiger partial charge on any atom is 0.295 e. The molecule has 1 saturated heterocycles. The summed E-state index contributed by atoms with van der Waals surface area (Å²) in [5.74, 6) is -0.200. The molecule has 1 heterocycles. The van der Waals surface area contributed by atoms with Gasteiger partial charge in [0, 0.05) is 25.8 Å². The number of amides is 1. The average molecular weight is 510 g/mol. The van der Waals surface area contributed by atoms with Crippen LogP contribution in [0.3, 0.4) is 0 Å². The molecule has 1 amide bonds. The zero-order valence-electron chi connectivity index (χ0n) is 22.2. The van der Waals surface area contributed by atoms with Crippen LogP contribution in [0.25, 0.3) is 5.76 Å². The van der Waals surface area contributed by atoms with Crippen LogP contribution in [0, 0.1) is 0 Å². The summed E-state index contributed by atoms with van der Waals surface area (Å²) in [7, 11) is 1.60. The van der Waals surface area contributed by atoms with Gasteiger partial charge in [-0.2, -0.15) is 0 Å². The lowest BCUT2D eigenvalue weighted by Gasteiger charge is -2.25. The number of rotatable bonds is 15. The van der Waals surface area contributed by atoms with Crippen molar-refractivity contribution in [2.45, 2.75) is 58.4 Å². The van der Waals surface area contributed by atoms with E-state index in [0.29, 0.717) is 44.1 Å². The summed E-state index contributed by atoms with van der Waals surface area (Å²) in [4.78, 5) is 27.8. The summed E-state index contributed by atoms with van der Waals surface area (Å²) in [6, 6.07) is 13.7. The van der Waals surface area contributed by atoms with Crippen LogP contribution in [0.4, 0.5) is 0 Å². The molecule has 0 radical (unpaired) electrons. The Morgan fingerprint density at radius 3 is 2.27 bits per heavy atom. The first-order valence-electron chi connectivity index (χ1n) is 13.2. The van der Waals surface area contributed by atoms with Crippen LogP contribution in [0.2, 0.25) is 0 Å². The van der Waals surface area contributed by atoms with Crippen LogP contribution in [-0.2, 0) is 14.3 Å². The van der Waals surface area contributed by atoms with E-state index < -0.39 is 17.7 Å². The number of aliphatic hydroxyl groups is 1. The number of benzene rings is 2. The second-order valence-electron chi connectivity index (χ2n) is 9.19. The summed E-state index contributed by atoms with van der Waals surface area (Å²) in [5.41, 5.74) is 1.24. The Bertz CT molecular complexity index is 1060. The standard InChI is InChI=1S/C30H39NO6/c1-4-6-8-20-36-24-15-13-22(14-16-24)27-26(29(33)30(34)31(27)17-10-18-35-3)28(32)23-11-9-12-25(21-23)37-19-7-5-2/h9,11-16,21,27,32H,4-8,10,17-20H2,1-3H3. The minimum atomic E-state index is -0.712. The third-order valence-electron chi connectivity index (χ3n) is 6.37. The van der Waals surface area contributed by atoms with Crippen molar-refractivity contribution in [1.82, 2.24) is 4.90 Å². The van der Waals surface area contributed by atoms with Gasteiger partial charge in [0.05, 0.1) is 24.8 Å². The lowest BCUT2D eigenvalue weighted by molar-refractivity contribution is -0.140.